The SMILES string of the molecule is CCCCC/C=C/CC/C=C/CCCC(O)C(O)C(CO)NC(=O)C(O)CCCCCCCCCCCCCCC/C=C\CCCCCCCCCCCCCC. The monoisotopic (exact) mass is 804 g/mol. The number of carbonyl (C=O) groups excluding carboxylic acids is 1. The molecule has 0 aromatic carbocycles. The summed E-state index contributed by atoms with van der Waals surface area (Å²) in [7, 11) is 0. The first-order valence-electron chi connectivity index (χ1n) is 24.9. The summed E-state index contributed by atoms with van der Waals surface area (Å²) < 4.78 is 0. The Kier molecular flexibility index (Phi) is 44.4. The molecule has 0 aliphatic carbocycles. The van der Waals surface area contributed by atoms with Crippen LogP contribution < -0.4 is 5.32 Å². The highest BCUT2D eigenvalue weighted by molar-refractivity contribution is 5.80. The third-order valence-corrected chi connectivity index (χ3v) is 11.6. The molecule has 6 heteroatoms. The van der Waals surface area contributed by atoms with Crippen LogP contribution in [0.1, 0.15) is 251 Å². The van der Waals surface area contributed by atoms with Gasteiger partial charge >= 0.3 is 0 Å². The molecule has 0 saturated heterocycles. The van der Waals surface area contributed by atoms with Crippen molar-refractivity contribution in [2.24, 2.45) is 0 Å². The van der Waals surface area contributed by atoms with Crippen LogP contribution in [0.4, 0.5) is 0 Å². The third-order valence-electron chi connectivity index (χ3n) is 11.6. The smallest absolute Gasteiger partial charge is 0.249 e. The van der Waals surface area contributed by atoms with Gasteiger partial charge in [0, 0.05) is 0 Å². The average Bonchev–Trinajstić information content (AvgIpc) is 3.22. The number of allylic oxidation sites excluding steroid dienone is 6. The van der Waals surface area contributed by atoms with Gasteiger partial charge in [0.1, 0.15) is 12.2 Å². The summed E-state index contributed by atoms with van der Waals surface area (Å²) in [5.74, 6) is -0.597. The zero-order chi connectivity index (χ0) is 41.7. The summed E-state index contributed by atoms with van der Waals surface area (Å²) in [6, 6.07) is -1.01. The summed E-state index contributed by atoms with van der Waals surface area (Å²) in [5, 5.41) is 43.6. The number of hydrogen-bond donors (Lipinski definition) is 5. The van der Waals surface area contributed by atoms with Crippen molar-refractivity contribution in [1.29, 1.82) is 0 Å². The van der Waals surface area contributed by atoms with Crippen LogP contribution in [0, 0.1) is 0 Å². The van der Waals surface area contributed by atoms with Crippen LogP contribution in [0.5, 0.6) is 0 Å². The van der Waals surface area contributed by atoms with E-state index in [2.05, 4.69) is 55.6 Å². The molecule has 0 aliphatic heterocycles. The lowest BCUT2D eigenvalue weighted by atomic mass is 10.00. The van der Waals surface area contributed by atoms with Gasteiger partial charge in [0.05, 0.1) is 18.8 Å². The van der Waals surface area contributed by atoms with Gasteiger partial charge in [-0.15, -0.1) is 0 Å². The Morgan fingerprint density at radius 3 is 1.14 bits per heavy atom. The molecule has 4 atom stereocenters. The molecule has 6 nitrogen and oxygen atoms in total. The zero-order valence-corrected chi connectivity index (χ0v) is 37.8. The standard InChI is InChI=1S/C51H97NO5/c1-3-5-7-9-11-13-15-17-18-19-20-21-22-23-24-25-26-27-28-29-30-31-32-33-35-37-39-41-43-45-49(55)51(57)52-47(46-53)50(56)48(54)44-42-40-38-36-34-16-14-12-10-8-6-4-2/h12,14,23-24,36,38,47-50,53-56H,3-11,13,15-22,25-35,37,39-46H2,1-2H3,(H,52,57)/b14-12+,24-23-,38-36+. The second kappa shape index (κ2) is 45.6. The summed E-state index contributed by atoms with van der Waals surface area (Å²) in [6.07, 6.45) is 54.9. The number of carbonyl (C=O) groups is 1. The molecule has 4 unspecified atom stereocenters. The Balaban J connectivity index is 3.62. The summed E-state index contributed by atoms with van der Waals surface area (Å²) in [5.41, 5.74) is 0. The van der Waals surface area contributed by atoms with Crippen molar-refractivity contribution in [2.45, 2.75) is 276 Å². The molecule has 0 aliphatic rings. The van der Waals surface area contributed by atoms with Crippen molar-refractivity contribution < 1.29 is 25.2 Å². The van der Waals surface area contributed by atoms with E-state index in [1.54, 1.807) is 0 Å². The molecule has 0 fully saturated rings. The van der Waals surface area contributed by atoms with E-state index in [4.69, 9.17) is 0 Å². The number of unbranched alkanes of at least 4 members (excludes halogenated alkanes) is 30. The van der Waals surface area contributed by atoms with Crippen LogP contribution in [0.15, 0.2) is 36.5 Å². The number of rotatable bonds is 45. The highest BCUT2D eigenvalue weighted by Gasteiger charge is 2.28. The molecule has 336 valence electrons. The van der Waals surface area contributed by atoms with Gasteiger partial charge in [0.2, 0.25) is 5.91 Å². The third kappa shape index (κ3) is 39.7. The molecule has 1 amide bonds. The van der Waals surface area contributed by atoms with E-state index in [9.17, 15) is 25.2 Å². The van der Waals surface area contributed by atoms with Crippen molar-refractivity contribution >= 4 is 5.91 Å². The van der Waals surface area contributed by atoms with E-state index < -0.39 is 36.9 Å². The van der Waals surface area contributed by atoms with Gasteiger partial charge < -0.3 is 25.7 Å². The van der Waals surface area contributed by atoms with Crippen molar-refractivity contribution in [3.05, 3.63) is 36.5 Å². The van der Waals surface area contributed by atoms with Gasteiger partial charge in [0.15, 0.2) is 0 Å². The van der Waals surface area contributed by atoms with Crippen LogP contribution in [-0.2, 0) is 4.79 Å². The highest BCUT2D eigenvalue weighted by Crippen LogP contribution is 2.16. The predicted molar refractivity (Wildman–Crippen MR) is 247 cm³/mol. The van der Waals surface area contributed by atoms with Crippen molar-refractivity contribution in [2.75, 3.05) is 6.61 Å². The molecular formula is C51H97NO5. The Morgan fingerprint density at radius 2 is 0.737 bits per heavy atom. The van der Waals surface area contributed by atoms with Crippen LogP contribution in [0.25, 0.3) is 0 Å². The Hall–Kier alpha value is -1.47. The quantitative estimate of drug-likeness (QED) is 0.0311. The first-order valence-corrected chi connectivity index (χ1v) is 24.9. The summed E-state index contributed by atoms with van der Waals surface area (Å²) in [4.78, 5) is 12.5. The maximum Gasteiger partial charge on any atom is 0.249 e. The van der Waals surface area contributed by atoms with E-state index in [1.165, 1.54) is 173 Å². The van der Waals surface area contributed by atoms with Gasteiger partial charge in [-0.2, -0.15) is 0 Å². The maximum atomic E-state index is 12.5. The molecule has 5 N–H and O–H groups in total. The first kappa shape index (κ1) is 55.5. The molecule has 0 radical (unpaired) electrons. The van der Waals surface area contributed by atoms with E-state index >= 15 is 0 Å². The van der Waals surface area contributed by atoms with Crippen LogP contribution in [0.3, 0.4) is 0 Å². The van der Waals surface area contributed by atoms with E-state index in [0.717, 1.165) is 44.9 Å². The molecule has 0 spiro atoms. The van der Waals surface area contributed by atoms with E-state index in [1.807, 2.05) is 0 Å². The van der Waals surface area contributed by atoms with Crippen molar-refractivity contribution in [3.8, 4) is 0 Å². The Labute approximate surface area is 354 Å². The van der Waals surface area contributed by atoms with Crippen LogP contribution >= 0.6 is 0 Å². The van der Waals surface area contributed by atoms with Crippen LogP contribution in [0.2, 0.25) is 0 Å². The molecule has 0 heterocycles. The molecule has 0 bridgehead atoms. The van der Waals surface area contributed by atoms with Gasteiger partial charge in [0.25, 0.3) is 0 Å². The normalized spacial score (nSPS) is 14.3. The van der Waals surface area contributed by atoms with E-state index in [0.29, 0.717) is 19.3 Å². The molecule has 0 aromatic heterocycles. The number of aliphatic hydroxyl groups is 4. The number of aliphatic hydroxyl groups excluding tert-OH is 4. The number of amides is 1. The Morgan fingerprint density at radius 1 is 0.421 bits per heavy atom. The second-order valence-corrected chi connectivity index (χ2v) is 17.1. The maximum absolute atomic E-state index is 12.5. The second-order valence-electron chi connectivity index (χ2n) is 17.1. The topological polar surface area (TPSA) is 110 Å². The zero-order valence-electron chi connectivity index (χ0n) is 37.8. The molecule has 57 heavy (non-hydrogen) atoms. The fraction of sp³-hybridized carbons (Fsp3) is 0.863. The fourth-order valence-corrected chi connectivity index (χ4v) is 7.59. The molecule has 0 aromatic rings. The minimum atomic E-state index is -1.29. The predicted octanol–water partition coefficient (Wildman–Crippen LogP) is 13.7. The highest BCUT2D eigenvalue weighted by atomic mass is 16.3. The Bertz CT molecular complexity index is 904. The first-order chi connectivity index (χ1) is 28.0. The van der Waals surface area contributed by atoms with E-state index in [-0.39, 0.29) is 0 Å². The largest absolute Gasteiger partial charge is 0.394 e. The summed E-state index contributed by atoms with van der Waals surface area (Å²) in [6.45, 7) is 4.01. The molecule has 0 saturated carbocycles. The lowest BCUT2D eigenvalue weighted by molar-refractivity contribution is -0.132. The summed E-state index contributed by atoms with van der Waals surface area (Å²) >= 11 is 0. The minimum absolute atomic E-state index is 0.360. The van der Waals surface area contributed by atoms with Crippen molar-refractivity contribution in [3.63, 3.8) is 0 Å². The van der Waals surface area contributed by atoms with Crippen molar-refractivity contribution in [1.82, 2.24) is 5.32 Å². The lowest BCUT2D eigenvalue weighted by Crippen LogP contribution is -2.53. The average molecular weight is 804 g/mol. The molecular weight excluding hydrogens is 707 g/mol. The molecule has 0 rings (SSSR count). The lowest BCUT2D eigenvalue weighted by Gasteiger charge is -2.27. The number of nitrogens with one attached hydrogen (secondary N) is 1. The number of hydrogen-bond acceptors (Lipinski definition) is 5. The van der Waals surface area contributed by atoms with Gasteiger partial charge in [-0.1, -0.05) is 211 Å². The van der Waals surface area contributed by atoms with Gasteiger partial charge in [-0.3, -0.25) is 4.79 Å². The minimum Gasteiger partial charge on any atom is -0.394 e. The van der Waals surface area contributed by atoms with Crippen LogP contribution in [-0.4, -0.2) is 57.3 Å². The van der Waals surface area contributed by atoms with Gasteiger partial charge in [-0.05, 0) is 77.0 Å². The van der Waals surface area contributed by atoms with Gasteiger partial charge in [-0.25, -0.2) is 0 Å². The fourth-order valence-electron chi connectivity index (χ4n) is 7.59.